The van der Waals surface area contributed by atoms with E-state index in [2.05, 4.69) is 0 Å². The quantitative estimate of drug-likeness (QED) is 0.798. The van der Waals surface area contributed by atoms with Crippen LogP contribution >= 0.6 is 0 Å². The lowest BCUT2D eigenvalue weighted by Crippen LogP contribution is -2.32. The van der Waals surface area contributed by atoms with Crippen LogP contribution in [0.3, 0.4) is 0 Å². The van der Waals surface area contributed by atoms with Gasteiger partial charge in [0.2, 0.25) is 0 Å². The number of hydrogen-bond acceptors (Lipinski definition) is 4. The average molecular weight is 314 g/mol. The van der Waals surface area contributed by atoms with Crippen LogP contribution in [0.4, 0.5) is 0 Å². The number of aliphatic hydroxyl groups is 1. The van der Waals surface area contributed by atoms with E-state index in [0.717, 1.165) is 11.3 Å². The molecule has 0 heterocycles. The van der Waals surface area contributed by atoms with E-state index in [-0.39, 0.29) is 6.42 Å². The molecule has 2 aromatic rings. The van der Waals surface area contributed by atoms with Gasteiger partial charge in [0.15, 0.2) is 0 Å². The SMILES string of the molecule is CCOC(=O)CC(O)(Cc1ccc(OC)cc1)c1ccccc1. The third kappa shape index (κ3) is 4.57. The Morgan fingerprint density at radius 2 is 1.74 bits per heavy atom. The summed E-state index contributed by atoms with van der Waals surface area (Å²) in [5.41, 5.74) is 0.313. The number of hydrogen-bond donors (Lipinski definition) is 1. The third-order valence-electron chi connectivity index (χ3n) is 3.71. The van der Waals surface area contributed by atoms with E-state index in [1.54, 1.807) is 14.0 Å². The summed E-state index contributed by atoms with van der Waals surface area (Å²) in [6.07, 6.45) is 0.233. The first-order chi connectivity index (χ1) is 11.1. The summed E-state index contributed by atoms with van der Waals surface area (Å²) in [5, 5.41) is 11.1. The van der Waals surface area contributed by atoms with Crippen molar-refractivity contribution >= 4 is 5.97 Å². The highest BCUT2D eigenvalue weighted by Gasteiger charge is 2.33. The lowest BCUT2D eigenvalue weighted by molar-refractivity contribution is -0.149. The van der Waals surface area contributed by atoms with Gasteiger partial charge in [0.25, 0.3) is 0 Å². The standard InChI is InChI=1S/C19H22O4/c1-3-23-18(20)14-19(21,16-7-5-4-6-8-16)13-15-9-11-17(22-2)12-10-15/h4-12,21H,3,13-14H2,1-2H3. The molecule has 122 valence electrons. The molecule has 2 aromatic carbocycles. The number of methoxy groups -OCH3 is 1. The van der Waals surface area contributed by atoms with Gasteiger partial charge in [-0.25, -0.2) is 0 Å². The Bertz CT molecular complexity index is 622. The minimum atomic E-state index is -1.30. The normalized spacial score (nSPS) is 13.2. The smallest absolute Gasteiger partial charge is 0.309 e. The Hall–Kier alpha value is -2.33. The summed E-state index contributed by atoms with van der Waals surface area (Å²) in [4.78, 5) is 11.9. The number of carbonyl (C=O) groups excluding carboxylic acids is 1. The Labute approximate surface area is 136 Å². The molecule has 1 N–H and O–H groups in total. The molecule has 4 nitrogen and oxygen atoms in total. The van der Waals surface area contributed by atoms with Crippen molar-refractivity contribution in [2.24, 2.45) is 0 Å². The second-order valence-corrected chi connectivity index (χ2v) is 5.40. The van der Waals surface area contributed by atoms with Gasteiger partial charge in [0, 0.05) is 6.42 Å². The van der Waals surface area contributed by atoms with Gasteiger partial charge < -0.3 is 14.6 Å². The van der Waals surface area contributed by atoms with Crippen molar-refractivity contribution in [3.8, 4) is 5.75 Å². The zero-order chi connectivity index (χ0) is 16.7. The van der Waals surface area contributed by atoms with Crippen LogP contribution in [0.25, 0.3) is 0 Å². The predicted molar refractivity (Wildman–Crippen MR) is 88.3 cm³/mol. The van der Waals surface area contributed by atoms with Crippen molar-refractivity contribution in [1.29, 1.82) is 0 Å². The highest BCUT2D eigenvalue weighted by Crippen LogP contribution is 2.30. The van der Waals surface area contributed by atoms with Crippen LogP contribution in [0.15, 0.2) is 54.6 Å². The molecule has 0 amide bonds. The molecule has 23 heavy (non-hydrogen) atoms. The summed E-state index contributed by atoms with van der Waals surface area (Å²) < 4.78 is 10.2. The van der Waals surface area contributed by atoms with Crippen LogP contribution in [0.1, 0.15) is 24.5 Å². The maximum Gasteiger partial charge on any atom is 0.309 e. The van der Waals surface area contributed by atoms with Gasteiger partial charge in [0.05, 0.1) is 20.1 Å². The van der Waals surface area contributed by atoms with E-state index in [1.807, 2.05) is 54.6 Å². The van der Waals surface area contributed by atoms with E-state index in [9.17, 15) is 9.90 Å². The molecule has 0 spiro atoms. The van der Waals surface area contributed by atoms with Crippen molar-refractivity contribution in [2.75, 3.05) is 13.7 Å². The van der Waals surface area contributed by atoms with Crippen LogP contribution in [0, 0.1) is 0 Å². The fraction of sp³-hybridized carbons (Fsp3) is 0.316. The molecule has 0 aliphatic rings. The van der Waals surface area contributed by atoms with Crippen LogP contribution in [0.2, 0.25) is 0 Å². The first-order valence-corrected chi connectivity index (χ1v) is 7.64. The molecule has 2 rings (SSSR count). The van der Waals surface area contributed by atoms with E-state index < -0.39 is 11.6 Å². The van der Waals surface area contributed by atoms with Crippen molar-refractivity contribution in [1.82, 2.24) is 0 Å². The Morgan fingerprint density at radius 3 is 2.30 bits per heavy atom. The van der Waals surface area contributed by atoms with Gasteiger partial charge >= 0.3 is 5.97 Å². The van der Waals surface area contributed by atoms with Crippen LogP contribution < -0.4 is 4.74 Å². The van der Waals surface area contributed by atoms with Gasteiger partial charge in [-0.3, -0.25) is 4.79 Å². The van der Waals surface area contributed by atoms with Crippen molar-refractivity contribution in [3.63, 3.8) is 0 Å². The van der Waals surface area contributed by atoms with Crippen LogP contribution in [-0.2, 0) is 21.6 Å². The van der Waals surface area contributed by atoms with E-state index >= 15 is 0 Å². The van der Waals surface area contributed by atoms with Gasteiger partial charge in [-0.05, 0) is 30.2 Å². The zero-order valence-electron chi connectivity index (χ0n) is 13.5. The summed E-state index contributed by atoms with van der Waals surface area (Å²) in [6.45, 7) is 2.05. The average Bonchev–Trinajstić information content (AvgIpc) is 2.56. The second kappa shape index (κ2) is 7.79. The van der Waals surface area contributed by atoms with E-state index in [4.69, 9.17) is 9.47 Å². The van der Waals surface area contributed by atoms with Crippen molar-refractivity contribution in [3.05, 3.63) is 65.7 Å². The lowest BCUT2D eigenvalue weighted by Gasteiger charge is -2.28. The Kier molecular flexibility index (Phi) is 5.77. The van der Waals surface area contributed by atoms with Crippen molar-refractivity contribution in [2.45, 2.75) is 25.4 Å². The maximum atomic E-state index is 11.9. The van der Waals surface area contributed by atoms with Gasteiger partial charge in [0.1, 0.15) is 11.4 Å². The highest BCUT2D eigenvalue weighted by atomic mass is 16.5. The monoisotopic (exact) mass is 314 g/mol. The molecule has 0 aliphatic heterocycles. The largest absolute Gasteiger partial charge is 0.497 e. The number of ether oxygens (including phenoxy) is 2. The Morgan fingerprint density at radius 1 is 1.09 bits per heavy atom. The molecule has 1 unspecified atom stereocenters. The zero-order valence-corrected chi connectivity index (χ0v) is 13.5. The summed E-state index contributed by atoms with van der Waals surface area (Å²) in [6, 6.07) is 16.7. The molecule has 4 heteroatoms. The van der Waals surface area contributed by atoms with Gasteiger partial charge in [-0.15, -0.1) is 0 Å². The van der Waals surface area contributed by atoms with E-state index in [1.165, 1.54) is 0 Å². The number of carbonyl (C=O) groups is 1. The second-order valence-electron chi connectivity index (χ2n) is 5.40. The molecule has 0 aliphatic carbocycles. The first-order valence-electron chi connectivity index (χ1n) is 7.64. The first kappa shape index (κ1) is 17.0. The fourth-order valence-electron chi connectivity index (χ4n) is 2.55. The van der Waals surface area contributed by atoms with Crippen LogP contribution in [-0.4, -0.2) is 24.8 Å². The number of benzene rings is 2. The summed E-state index contributed by atoms with van der Waals surface area (Å²) in [7, 11) is 1.61. The molecule has 0 bridgehead atoms. The molecule has 0 fully saturated rings. The minimum absolute atomic E-state index is 0.0864. The number of esters is 1. The minimum Gasteiger partial charge on any atom is -0.497 e. The molecular formula is C19H22O4. The van der Waals surface area contributed by atoms with E-state index in [0.29, 0.717) is 18.6 Å². The lowest BCUT2D eigenvalue weighted by atomic mass is 9.84. The Balaban J connectivity index is 2.27. The highest BCUT2D eigenvalue weighted by molar-refractivity contribution is 5.71. The maximum absolute atomic E-state index is 11.9. The van der Waals surface area contributed by atoms with Gasteiger partial charge in [-0.1, -0.05) is 42.5 Å². The molecule has 1 atom stereocenters. The molecule has 0 radical (unpaired) electrons. The summed E-state index contributed by atoms with van der Waals surface area (Å²) in [5.74, 6) is 0.342. The number of rotatable bonds is 7. The molecular weight excluding hydrogens is 292 g/mol. The fourth-order valence-corrected chi connectivity index (χ4v) is 2.55. The van der Waals surface area contributed by atoms with Crippen molar-refractivity contribution < 1.29 is 19.4 Å². The topological polar surface area (TPSA) is 55.8 Å². The molecule has 0 aromatic heterocycles. The summed E-state index contributed by atoms with van der Waals surface area (Å²) >= 11 is 0. The predicted octanol–water partition coefficient (Wildman–Crippen LogP) is 3.08. The third-order valence-corrected chi connectivity index (χ3v) is 3.71. The molecule has 0 saturated carbocycles. The van der Waals surface area contributed by atoms with Gasteiger partial charge in [-0.2, -0.15) is 0 Å². The van der Waals surface area contributed by atoms with Crippen LogP contribution in [0.5, 0.6) is 5.75 Å². The molecule has 0 saturated heterocycles.